The molecule has 10 nitrogen and oxygen atoms in total. The van der Waals surface area contributed by atoms with Gasteiger partial charge in [0, 0.05) is 36.4 Å². The Hall–Kier alpha value is -4.08. The summed E-state index contributed by atoms with van der Waals surface area (Å²) in [5, 5.41) is 12.0. The number of anilines is 1. The predicted octanol–water partition coefficient (Wildman–Crippen LogP) is 1.67. The quantitative estimate of drug-likeness (QED) is 0.392. The van der Waals surface area contributed by atoms with Crippen molar-refractivity contribution in [3.8, 4) is 11.4 Å². The van der Waals surface area contributed by atoms with Crippen molar-refractivity contribution < 1.29 is 19.1 Å². The van der Waals surface area contributed by atoms with Crippen LogP contribution in [-0.4, -0.2) is 63.1 Å². The minimum absolute atomic E-state index is 0.172. The fraction of sp³-hybridized carbons (Fsp3) is 0.273. The van der Waals surface area contributed by atoms with E-state index in [1.54, 1.807) is 49.2 Å². The predicted molar refractivity (Wildman–Crippen MR) is 115 cm³/mol. The molecule has 0 bridgehead atoms. The van der Waals surface area contributed by atoms with Crippen molar-refractivity contribution in [2.75, 3.05) is 24.6 Å². The molecule has 0 unspecified atom stereocenters. The van der Waals surface area contributed by atoms with Crippen molar-refractivity contribution in [2.24, 2.45) is 7.05 Å². The first-order valence-electron chi connectivity index (χ1n) is 10.2. The topological polar surface area (TPSA) is 111 Å². The fourth-order valence-electron chi connectivity index (χ4n) is 3.58. The zero-order valence-electron chi connectivity index (χ0n) is 17.8. The summed E-state index contributed by atoms with van der Waals surface area (Å²) < 4.78 is 5.01. The van der Waals surface area contributed by atoms with Gasteiger partial charge in [-0.3, -0.25) is 9.59 Å². The zero-order valence-corrected chi connectivity index (χ0v) is 17.8. The lowest BCUT2D eigenvalue weighted by atomic mass is 10.1. The zero-order chi connectivity index (χ0) is 22.7. The number of tetrazole rings is 1. The first kappa shape index (κ1) is 21.2. The molecule has 2 amide bonds. The van der Waals surface area contributed by atoms with Gasteiger partial charge in [-0.25, -0.2) is 4.79 Å². The van der Waals surface area contributed by atoms with Gasteiger partial charge in [0.05, 0.1) is 19.2 Å². The second-order valence-electron chi connectivity index (χ2n) is 7.27. The lowest BCUT2D eigenvalue weighted by Crippen LogP contribution is -2.34. The highest BCUT2D eigenvalue weighted by molar-refractivity contribution is 6.01. The van der Waals surface area contributed by atoms with Crippen LogP contribution in [0.15, 0.2) is 42.5 Å². The van der Waals surface area contributed by atoms with E-state index in [0.29, 0.717) is 42.3 Å². The molecule has 1 aliphatic heterocycles. The molecule has 3 aromatic rings. The van der Waals surface area contributed by atoms with Crippen LogP contribution < -0.4 is 4.90 Å². The summed E-state index contributed by atoms with van der Waals surface area (Å²) in [4.78, 5) is 41.1. The van der Waals surface area contributed by atoms with Gasteiger partial charge in [0.1, 0.15) is 0 Å². The maximum absolute atomic E-state index is 12.8. The normalized spacial score (nSPS) is 12.6. The molecule has 1 aromatic heterocycles. The van der Waals surface area contributed by atoms with E-state index in [9.17, 15) is 14.4 Å². The van der Waals surface area contributed by atoms with Gasteiger partial charge in [0.2, 0.25) is 12.2 Å². The minimum Gasteiger partial charge on any atom is -0.462 e. The van der Waals surface area contributed by atoms with Gasteiger partial charge in [0.15, 0.2) is 0 Å². The summed E-state index contributed by atoms with van der Waals surface area (Å²) in [6, 6.07) is 12.3. The van der Waals surface area contributed by atoms with E-state index in [-0.39, 0.29) is 12.5 Å². The monoisotopic (exact) mass is 434 g/mol. The third kappa shape index (κ3) is 4.20. The highest BCUT2D eigenvalue weighted by Crippen LogP contribution is 2.25. The van der Waals surface area contributed by atoms with E-state index in [0.717, 1.165) is 17.5 Å². The van der Waals surface area contributed by atoms with Crippen LogP contribution in [0.1, 0.15) is 33.2 Å². The Kier molecular flexibility index (Phi) is 5.93. The number of carbonyl (C=O) groups is 3. The number of aryl methyl sites for hydroxylation is 1. The second-order valence-corrected chi connectivity index (χ2v) is 7.27. The van der Waals surface area contributed by atoms with Crippen LogP contribution in [0, 0.1) is 0 Å². The van der Waals surface area contributed by atoms with Crippen molar-refractivity contribution in [1.29, 1.82) is 0 Å². The number of rotatable bonds is 8. The molecule has 0 N–H and O–H groups in total. The lowest BCUT2D eigenvalue weighted by Gasteiger charge is -2.22. The molecule has 1 aliphatic rings. The molecule has 0 fully saturated rings. The van der Waals surface area contributed by atoms with Crippen molar-refractivity contribution in [2.45, 2.75) is 13.5 Å². The van der Waals surface area contributed by atoms with E-state index in [2.05, 4.69) is 15.4 Å². The number of nitrogens with zero attached hydrogens (tertiary/aromatic N) is 6. The highest BCUT2D eigenvalue weighted by Gasteiger charge is 2.28. The van der Waals surface area contributed by atoms with Crippen molar-refractivity contribution in [1.82, 2.24) is 25.1 Å². The van der Waals surface area contributed by atoms with Crippen molar-refractivity contribution in [3.05, 3.63) is 59.2 Å². The molecule has 10 heteroatoms. The van der Waals surface area contributed by atoms with Gasteiger partial charge in [-0.15, -0.1) is 10.2 Å². The molecule has 0 spiro atoms. The van der Waals surface area contributed by atoms with Gasteiger partial charge < -0.3 is 14.5 Å². The number of hydrogen-bond acceptors (Lipinski definition) is 7. The minimum atomic E-state index is -0.453. The fourth-order valence-corrected chi connectivity index (χ4v) is 3.58. The van der Waals surface area contributed by atoms with Crippen LogP contribution in [0.5, 0.6) is 0 Å². The number of fused-ring (bicyclic) bond motifs is 1. The number of benzene rings is 2. The molecule has 164 valence electrons. The number of aromatic nitrogens is 4. The average molecular weight is 434 g/mol. The van der Waals surface area contributed by atoms with Crippen LogP contribution in [0.25, 0.3) is 11.4 Å². The van der Waals surface area contributed by atoms with E-state index in [4.69, 9.17) is 4.74 Å². The summed E-state index contributed by atoms with van der Waals surface area (Å²) in [5.41, 5.74) is 3.09. The second kappa shape index (κ2) is 8.96. The van der Waals surface area contributed by atoms with Crippen LogP contribution in [0.4, 0.5) is 5.69 Å². The van der Waals surface area contributed by atoms with Gasteiger partial charge in [-0.2, -0.15) is 4.80 Å². The molecule has 0 saturated heterocycles. The first-order valence-corrected chi connectivity index (χ1v) is 10.2. The number of esters is 1. The van der Waals surface area contributed by atoms with Crippen molar-refractivity contribution >= 4 is 24.0 Å². The molecule has 2 aromatic carbocycles. The van der Waals surface area contributed by atoms with Crippen LogP contribution in [0.2, 0.25) is 0 Å². The molecule has 2 heterocycles. The van der Waals surface area contributed by atoms with E-state index in [1.807, 2.05) is 12.1 Å². The average Bonchev–Trinajstić information content (AvgIpc) is 3.37. The molecule has 32 heavy (non-hydrogen) atoms. The molecule has 0 aliphatic carbocycles. The summed E-state index contributed by atoms with van der Waals surface area (Å²) in [7, 11) is 1.68. The molecule has 0 saturated carbocycles. The summed E-state index contributed by atoms with van der Waals surface area (Å²) >= 11 is 0. The Bertz CT molecular complexity index is 1170. The summed E-state index contributed by atoms with van der Waals surface area (Å²) in [6.45, 7) is 3.08. The van der Waals surface area contributed by atoms with Gasteiger partial charge in [0.25, 0.3) is 5.91 Å². The maximum Gasteiger partial charge on any atom is 0.338 e. The molecule has 4 rings (SSSR count). The summed E-state index contributed by atoms with van der Waals surface area (Å²) in [5.74, 6) is -0.163. The van der Waals surface area contributed by atoms with Gasteiger partial charge in [-0.05, 0) is 42.0 Å². The first-order chi connectivity index (χ1) is 15.5. The Labute approximate surface area is 184 Å². The summed E-state index contributed by atoms with van der Waals surface area (Å²) in [6.07, 6.45) is 0.732. The van der Waals surface area contributed by atoms with Crippen molar-refractivity contribution in [3.63, 3.8) is 0 Å². The van der Waals surface area contributed by atoms with Crippen LogP contribution in [-0.2, 0) is 23.1 Å². The SMILES string of the molecule is CCOC(=O)c1ccc2c(c1)C(=O)N(CCN(C=O)c1cccc(-c3nnn(C)n3)c1)C2. The highest BCUT2D eigenvalue weighted by atomic mass is 16.5. The Balaban J connectivity index is 1.45. The number of hydrogen-bond donors (Lipinski definition) is 0. The van der Waals surface area contributed by atoms with Crippen LogP contribution in [0.3, 0.4) is 0 Å². The lowest BCUT2D eigenvalue weighted by molar-refractivity contribution is -0.107. The molecule has 0 radical (unpaired) electrons. The van der Waals surface area contributed by atoms with E-state index >= 15 is 0 Å². The Morgan fingerprint density at radius 3 is 2.81 bits per heavy atom. The maximum atomic E-state index is 12.8. The number of amides is 2. The third-order valence-electron chi connectivity index (χ3n) is 5.18. The Morgan fingerprint density at radius 2 is 2.09 bits per heavy atom. The van der Waals surface area contributed by atoms with E-state index < -0.39 is 5.97 Å². The molecule has 0 atom stereocenters. The number of carbonyl (C=O) groups excluding carboxylic acids is 3. The smallest absolute Gasteiger partial charge is 0.338 e. The third-order valence-corrected chi connectivity index (χ3v) is 5.18. The number of ether oxygens (including phenoxy) is 1. The molecular formula is C22H22N6O4. The van der Waals surface area contributed by atoms with E-state index in [1.165, 1.54) is 9.70 Å². The Morgan fingerprint density at radius 1 is 1.25 bits per heavy atom. The van der Waals surface area contributed by atoms with Gasteiger partial charge >= 0.3 is 5.97 Å². The largest absolute Gasteiger partial charge is 0.462 e. The molecular weight excluding hydrogens is 412 g/mol. The van der Waals surface area contributed by atoms with Gasteiger partial charge in [-0.1, -0.05) is 18.2 Å². The van der Waals surface area contributed by atoms with Crippen LogP contribution >= 0.6 is 0 Å². The standard InChI is InChI=1S/C22H22N6O4/c1-3-32-22(31)16-7-8-17-13-27(21(30)19(17)12-16)9-10-28(14-29)18-6-4-5-15(11-18)20-23-25-26(2)24-20/h4-8,11-12,14H,3,9-10,13H2,1-2H3.